The predicted molar refractivity (Wildman–Crippen MR) is 22.6 cm³/mol. The molecule has 0 aliphatic carbocycles. The number of halogens is 1. The molecule has 7 heavy (non-hydrogen) atoms. The van der Waals surface area contributed by atoms with E-state index >= 15 is 0 Å². The number of carbonyl (C=O) groups is 1. The van der Waals surface area contributed by atoms with Crippen LogP contribution in [0.25, 0.3) is 0 Å². The maximum atomic E-state index is 9.79. The summed E-state index contributed by atoms with van der Waals surface area (Å²) >= 11 is 4.81. The van der Waals surface area contributed by atoms with Crippen LogP contribution in [0.15, 0.2) is 0 Å². The van der Waals surface area contributed by atoms with E-state index in [2.05, 4.69) is 4.89 Å². The topological polar surface area (TPSA) is 58.6 Å². The van der Waals surface area contributed by atoms with Crippen LogP contribution >= 0.6 is 11.8 Å². The highest BCUT2D eigenvalue weighted by Crippen LogP contribution is 1.68. The smallest absolute Gasteiger partial charge is 0.300 e. The van der Waals surface area contributed by atoms with Crippen molar-refractivity contribution in [2.75, 3.05) is 6.54 Å². The maximum absolute atomic E-state index is 9.79. The van der Waals surface area contributed by atoms with Crippen LogP contribution in [0.3, 0.4) is 0 Å². The van der Waals surface area contributed by atoms with E-state index in [9.17, 15) is 4.79 Å². The van der Waals surface area contributed by atoms with Gasteiger partial charge < -0.3 is 0 Å². The third-order valence-electron chi connectivity index (χ3n) is 0.313. The average Bonchev–Trinajstić information content (AvgIpc) is 1.68. The molecule has 0 spiro atoms. The zero-order chi connectivity index (χ0) is 5.70. The van der Waals surface area contributed by atoms with Gasteiger partial charge in [0.05, 0.1) is 0 Å². The van der Waals surface area contributed by atoms with Crippen LogP contribution in [0.4, 0.5) is 0 Å². The van der Waals surface area contributed by atoms with Crippen LogP contribution in [0, 0.1) is 0 Å². The molecule has 0 aliphatic rings. The Morgan fingerprint density at radius 1 is 2.00 bits per heavy atom. The molecule has 0 amide bonds. The first-order chi connectivity index (χ1) is 3.31. The van der Waals surface area contributed by atoms with Gasteiger partial charge in [-0.2, -0.15) is 5.26 Å². The van der Waals surface area contributed by atoms with Gasteiger partial charge in [-0.3, -0.25) is 4.89 Å². The lowest BCUT2D eigenvalue weighted by Gasteiger charge is -1.88. The minimum Gasteiger partial charge on any atom is -0.300 e. The van der Waals surface area contributed by atoms with E-state index < -0.39 is 5.97 Å². The molecular weight excluding hydrogens is 121 g/mol. The molecule has 0 fully saturated rings. The fraction of sp³-hybridized carbons (Fsp3) is 0.500. The van der Waals surface area contributed by atoms with E-state index in [-0.39, 0.29) is 6.54 Å². The van der Waals surface area contributed by atoms with Crippen LogP contribution in [-0.2, 0) is 9.68 Å². The van der Waals surface area contributed by atoms with Crippen molar-refractivity contribution in [1.82, 2.24) is 4.84 Å². The molecular formula is C2H4ClNO3. The lowest BCUT2D eigenvalue weighted by molar-refractivity contribution is -0.232. The minimum absolute atomic E-state index is 0.196. The molecule has 42 valence electrons. The number of rotatable bonds is 2. The van der Waals surface area contributed by atoms with Crippen LogP contribution in [0.1, 0.15) is 0 Å². The second-order valence-electron chi connectivity index (χ2n) is 0.774. The SMILES string of the molecule is O=C(CNCl)OO. The van der Waals surface area contributed by atoms with Gasteiger partial charge in [0.15, 0.2) is 0 Å². The van der Waals surface area contributed by atoms with Crippen LogP contribution in [0.5, 0.6) is 0 Å². The molecule has 5 heteroatoms. The van der Waals surface area contributed by atoms with Gasteiger partial charge in [-0.15, -0.1) is 0 Å². The van der Waals surface area contributed by atoms with Crippen molar-refractivity contribution in [2.45, 2.75) is 0 Å². The number of nitrogens with one attached hydrogen (secondary N) is 1. The lowest BCUT2D eigenvalue weighted by atomic mass is 10.7. The van der Waals surface area contributed by atoms with Gasteiger partial charge in [-0.05, 0) is 11.8 Å². The Morgan fingerprint density at radius 2 is 2.57 bits per heavy atom. The summed E-state index contributed by atoms with van der Waals surface area (Å²) < 4.78 is 0. The molecule has 4 nitrogen and oxygen atoms in total. The molecule has 0 heterocycles. The third-order valence-corrected chi connectivity index (χ3v) is 0.447. The third kappa shape index (κ3) is 3.51. The summed E-state index contributed by atoms with van der Waals surface area (Å²) in [6.07, 6.45) is 0. The molecule has 0 radical (unpaired) electrons. The minimum atomic E-state index is -0.810. The summed E-state index contributed by atoms with van der Waals surface area (Å²) in [6.45, 7) is -0.196. The normalized spacial score (nSPS) is 8.29. The van der Waals surface area contributed by atoms with Gasteiger partial charge >= 0.3 is 5.97 Å². The highest BCUT2D eigenvalue weighted by Gasteiger charge is 1.95. The van der Waals surface area contributed by atoms with Crippen molar-refractivity contribution in [1.29, 1.82) is 0 Å². The van der Waals surface area contributed by atoms with Gasteiger partial charge in [0.2, 0.25) is 0 Å². The molecule has 0 bridgehead atoms. The van der Waals surface area contributed by atoms with Gasteiger partial charge in [0, 0.05) is 0 Å². The summed E-state index contributed by atoms with van der Waals surface area (Å²) in [5, 5.41) is 7.52. The van der Waals surface area contributed by atoms with Gasteiger partial charge in [-0.1, -0.05) is 0 Å². The predicted octanol–water partition coefficient (Wildman–Crippen LogP) is -0.254. The second kappa shape index (κ2) is 3.86. The van der Waals surface area contributed by atoms with Crippen molar-refractivity contribution in [3.05, 3.63) is 0 Å². The quantitative estimate of drug-likeness (QED) is 0.304. The first-order valence-electron chi connectivity index (χ1n) is 1.49. The summed E-state index contributed by atoms with van der Waals surface area (Å²) in [7, 11) is 0. The van der Waals surface area contributed by atoms with Crippen molar-refractivity contribution in [3.63, 3.8) is 0 Å². The van der Waals surface area contributed by atoms with Crippen molar-refractivity contribution >= 4 is 17.7 Å². The van der Waals surface area contributed by atoms with E-state index in [1.165, 1.54) is 0 Å². The summed E-state index contributed by atoms with van der Waals surface area (Å²) in [4.78, 5) is 15.0. The Kier molecular flexibility index (Phi) is 3.68. The Hall–Kier alpha value is -0.320. The molecule has 0 aromatic rings. The van der Waals surface area contributed by atoms with E-state index in [1.54, 1.807) is 0 Å². The number of hydrogen-bond donors (Lipinski definition) is 2. The maximum Gasteiger partial charge on any atom is 0.356 e. The van der Waals surface area contributed by atoms with Gasteiger partial charge in [0.1, 0.15) is 6.54 Å². The zero-order valence-corrected chi connectivity index (χ0v) is 4.10. The van der Waals surface area contributed by atoms with Crippen molar-refractivity contribution < 1.29 is 14.9 Å². The Balaban J connectivity index is 3.00. The summed E-state index contributed by atoms with van der Waals surface area (Å²) in [5.74, 6) is -0.810. The molecule has 2 N–H and O–H groups in total. The first kappa shape index (κ1) is 6.68. The van der Waals surface area contributed by atoms with Crippen LogP contribution in [-0.4, -0.2) is 17.8 Å². The van der Waals surface area contributed by atoms with E-state index in [1.807, 2.05) is 4.84 Å². The Bertz CT molecular complexity index is 66.0. The summed E-state index contributed by atoms with van der Waals surface area (Å²) in [6, 6.07) is 0. The first-order valence-corrected chi connectivity index (χ1v) is 1.86. The molecule has 0 atom stereocenters. The molecule has 0 saturated heterocycles. The number of carbonyl (C=O) groups excluding carboxylic acids is 1. The Labute approximate surface area is 45.1 Å². The molecule has 0 saturated carbocycles. The van der Waals surface area contributed by atoms with E-state index in [0.717, 1.165) is 0 Å². The van der Waals surface area contributed by atoms with Crippen LogP contribution in [0.2, 0.25) is 0 Å². The Morgan fingerprint density at radius 3 is 2.71 bits per heavy atom. The number of hydrogen-bond acceptors (Lipinski definition) is 4. The lowest BCUT2D eigenvalue weighted by Crippen LogP contribution is -2.15. The zero-order valence-electron chi connectivity index (χ0n) is 3.35. The largest absolute Gasteiger partial charge is 0.356 e. The molecule has 0 aliphatic heterocycles. The van der Waals surface area contributed by atoms with Crippen molar-refractivity contribution in [2.24, 2.45) is 0 Å². The van der Waals surface area contributed by atoms with E-state index in [4.69, 9.17) is 17.0 Å². The molecule has 0 unspecified atom stereocenters. The van der Waals surface area contributed by atoms with Crippen molar-refractivity contribution in [3.8, 4) is 0 Å². The summed E-state index contributed by atoms with van der Waals surface area (Å²) in [5.41, 5.74) is 0. The molecule has 0 rings (SSSR count). The molecule has 0 aromatic heterocycles. The average molecular weight is 126 g/mol. The van der Waals surface area contributed by atoms with Gasteiger partial charge in [0.25, 0.3) is 0 Å². The fourth-order valence-corrected chi connectivity index (χ4v) is 0.196. The highest BCUT2D eigenvalue weighted by atomic mass is 35.5. The fourth-order valence-electron chi connectivity index (χ4n) is 0.0868. The monoisotopic (exact) mass is 125 g/mol. The van der Waals surface area contributed by atoms with Crippen LogP contribution < -0.4 is 4.84 Å². The second-order valence-corrected chi connectivity index (χ2v) is 1.04. The van der Waals surface area contributed by atoms with E-state index in [0.29, 0.717) is 0 Å². The highest BCUT2D eigenvalue weighted by molar-refractivity contribution is 6.14. The standard InChI is InChI=1S/C2H4ClNO3/c3-4-1-2(5)7-6/h4,6H,1H2. The molecule has 0 aromatic carbocycles. The van der Waals surface area contributed by atoms with Gasteiger partial charge in [-0.25, -0.2) is 9.63 Å².